The van der Waals surface area contributed by atoms with Gasteiger partial charge >= 0.3 is 6.09 Å². The van der Waals surface area contributed by atoms with Crippen molar-refractivity contribution in [2.24, 2.45) is 11.3 Å². The summed E-state index contributed by atoms with van der Waals surface area (Å²) in [6.07, 6.45) is 3.71. The van der Waals surface area contributed by atoms with Gasteiger partial charge in [-0.05, 0) is 67.8 Å². The van der Waals surface area contributed by atoms with E-state index in [1.165, 1.54) is 10.4 Å². The minimum atomic E-state index is -1.67. The Bertz CT molecular complexity index is 1750. The van der Waals surface area contributed by atoms with Crippen LogP contribution in [0.15, 0.2) is 79.1 Å². The smallest absolute Gasteiger partial charge is 0.414 e. The molecule has 1 N–H and O–H groups in total. The van der Waals surface area contributed by atoms with E-state index in [1.807, 2.05) is 16.7 Å². The van der Waals surface area contributed by atoms with Crippen molar-refractivity contribution in [3.05, 3.63) is 84.3 Å². The number of aromatic nitrogens is 4. The van der Waals surface area contributed by atoms with Crippen molar-refractivity contribution < 1.29 is 23.4 Å². The van der Waals surface area contributed by atoms with Crippen LogP contribution in [0.1, 0.15) is 73.3 Å². The first-order valence-corrected chi connectivity index (χ1v) is 19.1. The van der Waals surface area contributed by atoms with E-state index in [0.29, 0.717) is 24.2 Å². The van der Waals surface area contributed by atoms with Gasteiger partial charge in [0.1, 0.15) is 11.1 Å². The predicted molar refractivity (Wildman–Crippen MR) is 197 cm³/mol. The van der Waals surface area contributed by atoms with Crippen molar-refractivity contribution in [2.45, 2.75) is 97.4 Å². The normalized spacial score (nSPS) is 22.2. The number of nitrogens with zero attached hydrogens (tertiary/aromatic N) is 4. The van der Waals surface area contributed by atoms with Gasteiger partial charge in [0.15, 0.2) is 17.1 Å². The molecule has 12 heteroatoms. The number of amides is 1. The van der Waals surface area contributed by atoms with Crippen molar-refractivity contribution in [1.82, 2.24) is 19.5 Å². The lowest BCUT2D eigenvalue weighted by Gasteiger charge is -2.41. The second-order valence-corrected chi connectivity index (χ2v) is 17.5. The molecule has 3 heterocycles. The summed E-state index contributed by atoms with van der Waals surface area (Å²) in [5.41, 5.74) is 0.865. The van der Waals surface area contributed by atoms with E-state index < -0.39 is 20.7 Å². The molecule has 0 bridgehead atoms. The summed E-state index contributed by atoms with van der Waals surface area (Å²) in [5.74, 6) is -0.164. The monoisotopic (exact) mass is 716 g/mol. The van der Waals surface area contributed by atoms with Crippen molar-refractivity contribution in [2.75, 3.05) is 11.9 Å². The number of hydrogen-bond acceptors (Lipinski definition) is 8. The third-order valence-electron chi connectivity index (χ3n) is 9.00. The summed E-state index contributed by atoms with van der Waals surface area (Å²) in [6.45, 7) is 17.4. The number of anilines is 1. The van der Waals surface area contributed by atoms with Gasteiger partial charge in [0, 0.05) is 12.5 Å². The third-order valence-corrected chi connectivity index (χ3v) is 11.5. The molecule has 5 atom stereocenters. The van der Waals surface area contributed by atoms with Crippen LogP contribution < -0.4 is 15.7 Å². The first-order valence-electron chi connectivity index (χ1n) is 17.3. The van der Waals surface area contributed by atoms with Gasteiger partial charge in [0.25, 0.3) is 9.04 Å². The number of fused-ring (bicyclic) bond motifs is 1. The molecule has 4 aromatic rings. The van der Waals surface area contributed by atoms with Gasteiger partial charge in [-0.15, -0.1) is 0 Å². The van der Waals surface area contributed by atoms with Crippen LogP contribution in [0.4, 0.5) is 10.7 Å². The van der Waals surface area contributed by atoms with Crippen LogP contribution in [-0.2, 0) is 18.6 Å². The minimum absolute atomic E-state index is 0.0240. The van der Waals surface area contributed by atoms with Crippen LogP contribution >= 0.6 is 11.6 Å². The molecule has 0 spiro atoms. The van der Waals surface area contributed by atoms with Gasteiger partial charge in [-0.2, -0.15) is 9.97 Å². The standard InChI is InChI=1S/C38H47ClN5O5Si/c1-24-27(44-23-40-31-33(39)41-35(42-34(31)44)43-36(45)48-38(5,6)7)22-28(47-29-20-14-15-21-46-29)30(24)32(37(2,3)4)49-50(25-16-10-8-11-17-25)26-18-12-9-13-19-26/h8-13,16-19,23,27-30,32H,1,14-15,20-22H2,2-7H3,(H,41,42,43,45)/t27-,28-,29?,30+,32?/m0/s1. The zero-order valence-corrected chi connectivity index (χ0v) is 31.4. The van der Waals surface area contributed by atoms with Crippen LogP contribution in [0.2, 0.25) is 5.15 Å². The highest BCUT2D eigenvalue weighted by molar-refractivity contribution is 6.80. The lowest BCUT2D eigenvalue weighted by atomic mass is 9.78. The quantitative estimate of drug-likeness (QED) is 0.111. The molecular weight excluding hydrogens is 670 g/mol. The third kappa shape index (κ3) is 8.29. The number of halogens is 1. The maximum absolute atomic E-state index is 12.6. The zero-order valence-electron chi connectivity index (χ0n) is 29.7. The fourth-order valence-electron chi connectivity index (χ4n) is 6.77. The molecule has 6 rings (SSSR count). The van der Waals surface area contributed by atoms with Gasteiger partial charge in [-0.3, -0.25) is 5.32 Å². The Labute approximate surface area is 301 Å². The first kappa shape index (κ1) is 36.2. The minimum Gasteiger partial charge on any atom is -0.444 e. The van der Waals surface area contributed by atoms with E-state index in [1.54, 1.807) is 27.1 Å². The average molecular weight is 717 g/mol. The number of imidazole rings is 1. The summed E-state index contributed by atoms with van der Waals surface area (Å²) in [7, 11) is -1.67. The Balaban J connectivity index is 1.39. The zero-order chi connectivity index (χ0) is 35.6. The van der Waals surface area contributed by atoms with Gasteiger partial charge in [0.2, 0.25) is 5.95 Å². The summed E-state index contributed by atoms with van der Waals surface area (Å²) in [4.78, 5) is 26.2. The maximum Gasteiger partial charge on any atom is 0.414 e. The van der Waals surface area contributed by atoms with E-state index >= 15 is 0 Å². The topological polar surface area (TPSA) is 110 Å². The van der Waals surface area contributed by atoms with Crippen LogP contribution in [0.25, 0.3) is 11.2 Å². The summed E-state index contributed by atoms with van der Waals surface area (Å²) >= 11 is 6.61. The van der Waals surface area contributed by atoms with Crippen molar-refractivity contribution >= 4 is 54.2 Å². The molecule has 2 aromatic heterocycles. The molecule has 1 radical (unpaired) electrons. The number of hydrogen-bond donors (Lipinski definition) is 1. The molecule has 2 unspecified atom stereocenters. The molecule has 265 valence electrons. The second kappa shape index (κ2) is 14.9. The number of rotatable bonds is 9. The van der Waals surface area contributed by atoms with E-state index in [-0.39, 0.29) is 47.0 Å². The highest BCUT2D eigenvalue weighted by atomic mass is 35.5. The highest BCUT2D eigenvalue weighted by Crippen LogP contribution is 2.48. The molecule has 1 saturated carbocycles. The van der Waals surface area contributed by atoms with Crippen LogP contribution in [0.3, 0.4) is 0 Å². The summed E-state index contributed by atoms with van der Waals surface area (Å²) in [6, 6.07) is 20.7. The summed E-state index contributed by atoms with van der Waals surface area (Å²) < 4.78 is 27.8. The number of carbonyl (C=O) groups is 1. The Morgan fingerprint density at radius 2 is 1.68 bits per heavy atom. The molecule has 2 aromatic carbocycles. The van der Waals surface area contributed by atoms with E-state index in [0.717, 1.165) is 24.8 Å². The van der Waals surface area contributed by atoms with Gasteiger partial charge in [-0.1, -0.05) is 99.6 Å². The molecule has 1 saturated heterocycles. The van der Waals surface area contributed by atoms with Crippen molar-refractivity contribution in [3.63, 3.8) is 0 Å². The molecular formula is C38H47ClN5O5Si. The number of benzene rings is 2. The molecule has 2 aliphatic rings. The Hall–Kier alpha value is -3.61. The number of carbonyl (C=O) groups excluding carboxylic acids is 1. The van der Waals surface area contributed by atoms with Crippen molar-refractivity contribution in [3.8, 4) is 0 Å². The Morgan fingerprint density at radius 1 is 1.02 bits per heavy atom. The lowest BCUT2D eigenvalue weighted by molar-refractivity contribution is -0.201. The largest absolute Gasteiger partial charge is 0.444 e. The molecule has 1 amide bonds. The molecule has 1 aliphatic carbocycles. The molecule has 2 fully saturated rings. The Morgan fingerprint density at radius 3 is 2.26 bits per heavy atom. The molecule has 50 heavy (non-hydrogen) atoms. The van der Waals surface area contributed by atoms with Gasteiger partial charge in [-0.25, -0.2) is 9.78 Å². The average Bonchev–Trinajstić information content (AvgIpc) is 3.62. The fraction of sp³-hybridized carbons (Fsp3) is 0.474. The van der Waals surface area contributed by atoms with Crippen LogP contribution in [0.5, 0.6) is 0 Å². The van der Waals surface area contributed by atoms with E-state index in [4.69, 9.17) is 41.8 Å². The van der Waals surface area contributed by atoms with E-state index in [2.05, 4.69) is 84.6 Å². The van der Waals surface area contributed by atoms with E-state index in [9.17, 15) is 4.79 Å². The van der Waals surface area contributed by atoms with Crippen molar-refractivity contribution in [1.29, 1.82) is 0 Å². The second-order valence-electron chi connectivity index (χ2n) is 15.1. The number of ether oxygens (including phenoxy) is 3. The van der Waals surface area contributed by atoms with Gasteiger partial charge < -0.3 is 23.2 Å². The number of nitrogens with one attached hydrogen (secondary N) is 1. The van der Waals surface area contributed by atoms with Gasteiger partial charge in [0.05, 0.1) is 24.6 Å². The van der Waals surface area contributed by atoms with Crippen LogP contribution in [0, 0.1) is 11.3 Å². The first-order chi connectivity index (χ1) is 23.8. The lowest BCUT2D eigenvalue weighted by Crippen LogP contribution is -2.53. The fourth-order valence-corrected chi connectivity index (χ4v) is 9.34. The Kier molecular flexibility index (Phi) is 10.8. The van der Waals surface area contributed by atoms with Crippen LogP contribution in [-0.4, -0.2) is 65.4 Å². The molecule has 1 aliphatic heterocycles. The predicted octanol–water partition coefficient (Wildman–Crippen LogP) is 7.09. The summed E-state index contributed by atoms with van der Waals surface area (Å²) in [5, 5.41) is 5.09. The SMILES string of the molecule is C=C1[C@@H](C(O[Si](c2ccccc2)c2ccccc2)C(C)(C)C)[C@@H](OC2CCCCO2)C[C@@H]1n1cnc2c(Cl)nc(NC(=O)OC(C)(C)C)nc21. The molecule has 10 nitrogen and oxygen atoms in total. The highest BCUT2D eigenvalue weighted by Gasteiger charge is 2.50. The maximum atomic E-state index is 12.6.